The highest BCUT2D eigenvalue weighted by molar-refractivity contribution is 7.92. The molecule has 3 N–H and O–H groups in total. The lowest BCUT2D eigenvalue weighted by atomic mass is 10.1. The fourth-order valence-electron chi connectivity index (χ4n) is 3.22. The summed E-state index contributed by atoms with van der Waals surface area (Å²) in [5.41, 5.74) is 7.21. The Hall–Kier alpha value is -2.55. The highest BCUT2D eigenvalue weighted by atomic mass is 32.2. The predicted octanol–water partition coefficient (Wildman–Crippen LogP) is 3.53. The molecule has 0 aliphatic heterocycles. The third-order valence-corrected chi connectivity index (χ3v) is 4.89. The first-order valence-corrected chi connectivity index (χ1v) is 8.66. The number of halogens is 1. The van der Waals surface area contributed by atoms with E-state index in [1.165, 1.54) is 23.1 Å². The molecule has 3 aromatic heterocycles. The summed E-state index contributed by atoms with van der Waals surface area (Å²) in [4.78, 5) is 19.7. The summed E-state index contributed by atoms with van der Waals surface area (Å²) in [6.45, 7) is 0. The number of nitrogens with two attached hydrogens (primary N) is 1. The number of nitrogens with one attached hydrogen (secondary N) is 1. The Morgan fingerprint density at radius 2 is 2.24 bits per heavy atom. The van der Waals surface area contributed by atoms with Crippen molar-refractivity contribution in [2.45, 2.75) is 31.7 Å². The second-order valence-electron chi connectivity index (χ2n) is 6.02. The number of anilines is 1. The van der Waals surface area contributed by atoms with Crippen molar-refractivity contribution < 1.29 is 13.1 Å². The number of carbonyl (C=O) groups excluding carboxylic acids is 1. The van der Waals surface area contributed by atoms with Gasteiger partial charge in [-0.2, -0.15) is 0 Å². The summed E-state index contributed by atoms with van der Waals surface area (Å²) in [6.07, 6.45) is 8.91. The first-order chi connectivity index (χ1) is 12.2. The quantitative estimate of drug-likeness (QED) is 0.721. The molecule has 130 valence electrons. The minimum Gasteiger partial charge on any atom is -0.443 e. The fraction of sp³-hybridized carbons (Fsp3) is 0.312. The Kier molecular flexibility index (Phi) is 4.08. The van der Waals surface area contributed by atoms with Gasteiger partial charge in [0.1, 0.15) is 6.26 Å². The van der Waals surface area contributed by atoms with Crippen molar-refractivity contribution in [3.05, 3.63) is 30.4 Å². The molecule has 0 radical (unpaired) electrons. The standard InChI is InChI=1S/C16H16FN5O2S/c17-25-22-6-5-10-13(20-9-3-1-2-4-9)11(7-19-15(10)22)16-21-12(8-24-16)14(18)23/h5-9H,1-4H2,(H2,18,23)(H,19,20). The molecule has 3 heterocycles. The number of rotatable bonds is 5. The maximum absolute atomic E-state index is 13.1. The summed E-state index contributed by atoms with van der Waals surface area (Å²) >= 11 is 0.0922. The van der Waals surface area contributed by atoms with Gasteiger partial charge < -0.3 is 15.5 Å². The number of carbonyl (C=O) groups is 1. The summed E-state index contributed by atoms with van der Waals surface area (Å²) in [5.74, 6) is -0.404. The minimum atomic E-state index is -0.658. The van der Waals surface area contributed by atoms with Crippen molar-refractivity contribution in [3.63, 3.8) is 0 Å². The Morgan fingerprint density at radius 3 is 2.92 bits per heavy atom. The third kappa shape index (κ3) is 2.84. The maximum Gasteiger partial charge on any atom is 0.270 e. The van der Waals surface area contributed by atoms with E-state index in [-0.39, 0.29) is 23.9 Å². The Balaban J connectivity index is 1.84. The van der Waals surface area contributed by atoms with E-state index in [0.29, 0.717) is 17.3 Å². The van der Waals surface area contributed by atoms with Crippen LogP contribution >= 0.6 is 12.3 Å². The molecule has 1 fully saturated rings. The molecule has 3 aromatic rings. The van der Waals surface area contributed by atoms with Gasteiger partial charge in [0.25, 0.3) is 5.91 Å². The van der Waals surface area contributed by atoms with Gasteiger partial charge in [0, 0.05) is 23.8 Å². The van der Waals surface area contributed by atoms with E-state index in [9.17, 15) is 8.68 Å². The molecule has 7 nitrogen and oxygen atoms in total. The lowest BCUT2D eigenvalue weighted by Gasteiger charge is -2.17. The van der Waals surface area contributed by atoms with Crippen LogP contribution in [-0.4, -0.2) is 25.9 Å². The monoisotopic (exact) mass is 361 g/mol. The molecule has 1 aliphatic rings. The molecular formula is C16H16FN5O2S. The second kappa shape index (κ2) is 6.40. The number of pyridine rings is 1. The van der Waals surface area contributed by atoms with Crippen LogP contribution in [0.25, 0.3) is 22.5 Å². The van der Waals surface area contributed by atoms with Crippen molar-refractivity contribution in [2.24, 2.45) is 5.73 Å². The molecule has 4 rings (SSSR count). The second-order valence-corrected chi connectivity index (χ2v) is 6.55. The molecule has 0 unspecified atom stereocenters. The van der Waals surface area contributed by atoms with Crippen LogP contribution in [0.1, 0.15) is 36.2 Å². The van der Waals surface area contributed by atoms with E-state index < -0.39 is 5.91 Å². The van der Waals surface area contributed by atoms with Gasteiger partial charge in [0.15, 0.2) is 23.7 Å². The van der Waals surface area contributed by atoms with Gasteiger partial charge in [0.05, 0.1) is 11.3 Å². The summed E-state index contributed by atoms with van der Waals surface area (Å²) < 4.78 is 19.8. The number of hydrogen-bond acceptors (Lipinski definition) is 6. The zero-order valence-electron chi connectivity index (χ0n) is 13.2. The topological polar surface area (TPSA) is 99.0 Å². The number of oxazole rings is 1. The van der Waals surface area contributed by atoms with Crippen LogP contribution in [0.3, 0.4) is 0 Å². The first-order valence-electron chi connectivity index (χ1n) is 7.98. The van der Waals surface area contributed by atoms with Gasteiger partial charge in [-0.3, -0.25) is 4.79 Å². The summed E-state index contributed by atoms with van der Waals surface area (Å²) in [5, 5.41) is 4.30. The Bertz CT molecular complexity index is 932. The fourth-order valence-corrected chi connectivity index (χ4v) is 3.54. The Morgan fingerprint density at radius 1 is 1.44 bits per heavy atom. The molecule has 0 atom stereocenters. The number of aromatic nitrogens is 3. The highest BCUT2D eigenvalue weighted by Crippen LogP contribution is 2.37. The lowest BCUT2D eigenvalue weighted by molar-refractivity contribution is 0.0995. The minimum absolute atomic E-state index is 0.0544. The van der Waals surface area contributed by atoms with Crippen LogP contribution in [0, 0.1) is 0 Å². The van der Waals surface area contributed by atoms with Gasteiger partial charge in [0.2, 0.25) is 5.89 Å². The highest BCUT2D eigenvalue weighted by Gasteiger charge is 2.22. The van der Waals surface area contributed by atoms with E-state index in [0.717, 1.165) is 23.9 Å². The summed E-state index contributed by atoms with van der Waals surface area (Å²) in [6, 6.07) is 2.13. The number of hydrogen-bond donors (Lipinski definition) is 2. The average molecular weight is 361 g/mol. The van der Waals surface area contributed by atoms with Crippen molar-refractivity contribution in [3.8, 4) is 11.5 Å². The predicted molar refractivity (Wildman–Crippen MR) is 93.7 cm³/mol. The van der Waals surface area contributed by atoms with Gasteiger partial charge in [-0.15, -0.1) is 3.89 Å². The van der Waals surface area contributed by atoms with Crippen molar-refractivity contribution in [1.29, 1.82) is 0 Å². The molecule has 0 saturated heterocycles. The van der Waals surface area contributed by atoms with Gasteiger partial charge in [-0.25, -0.2) is 13.9 Å². The van der Waals surface area contributed by atoms with Crippen molar-refractivity contribution in [1.82, 2.24) is 13.9 Å². The maximum atomic E-state index is 13.1. The number of fused-ring (bicyclic) bond motifs is 1. The van der Waals surface area contributed by atoms with E-state index in [4.69, 9.17) is 10.2 Å². The number of amides is 1. The molecular weight excluding hydrogens is 345 g/mol. The zero-order chi connectivity index (χ0) is 17.4. The average Bonchev–Trinajstić information content (AvgIpc) is 3.35. The SMILES string of the molecule is NC(=O)c1coc(-c2cnc3c(ccn3SF)c2NC2CCCC2)n1. The van der Waals surface area contributed by atoms with Crippen molar-refractivity contribution in [2.75, 3.05) is 5.32 Å². The smallest absolute Gasteiger partial charge is 0.270 e. The first kappa shape index (κ1) is 15.9. The molecule has 0 spiro atoms. The molecule has 1 aliphatic carbocycles. The van der Waals surface area contributed by atoms with Crippen LogP contribution in [0.5, 0.6) is 0 Å². The van der Waals surface area contributed by atoms with Gasteiger partial charge in [-0.1, -0.05) is 12.8 Å². The van der Waals surface area contributed by atoms with Crippen molar-refractivity contribution >= 4 is 35.0 Å². The van der Waals surface area contributed by atoms with Crippen LogP contribution in [-0.2, 0) is 0 Å². The van der Waals surface area contributed by atoms with Crippen LogP contribution < -0.4 is 11.1 Å². The molecule has 1 amide bonds. The molecule has 25 heavy (non-hydrogen) atoms. The van der Waals surface area contributed by atoms with E-state index in [1.54, 1.807) is 18.5 Å². The van der Waals surface area contributed by atoms with E-state index in [1.807, 2.05) is 0 Å². The number of nitrogens with zero attached hydrogens (tertiary/aromatic N) is 3. The van der Waals surface area contributed by atoms with Crippen LogP contribution in [0.4, 0.5) is 9.57 Å². The van der Waals surface area contributed by atoms with E-state index in [2.05, 4.69) is 15.3 Å². The van der Waals surface area contributed by atoms with Crippen LogP contribution in [0.2, 0.25) is 0 Å². The van der Waals surface area contributed by atoms with E-state index >= 15 is 0 Å². The van der Waals surface area contributed by atoms with Gasteiger partial charge >= 0.3 is 0 Å². The largest absolute Gasteiger partial charge is 0.443 e. The van der Waals surface area contributed by atoms with Crippen LogP contribution in [0.15, 0.2) is 29.1 Å². The molecule has 0 aromatic carbocycles. The van der Waals surface area contributed by atoms with Gasteiger partial charge in [-0.05, 0) is 18.9 Å². The molecule has 9 heteroatoms. The Labute approximate surface area is 147 Å². The lowest BCUT2D eigenvalue weighted by Crippen LogP contribution is -2.15. The normalized spacial score (nSPS) is 15.1. The third-order valence-electron chi connectivity index (χ3n) is 4.45. The molecule has 0 bridgehead atoms. The summed E-state index contributed by atoms with van der Waals surface area (Å²) in [7, 11) is 0. The zero-order valence-corrected chi connectivity index (χ0v) is 14.1. The molecule has 1 saturated carbocycles. The number of primary amides is 1.